The molecule has 0 bridgehead atoms. The second kappa shape index (κ2) is 5.11. The molecule has 0 saturated carbocycles. The Labute approximate surface area is 126 Å². The van der Waals surface area contributed by atoms with Crippen molar-refractivity contribution in [3.05, 3.63) is 59.5 Å². The zero-order valence-electron chi connectivity index (χ0n) is 11.7. The van der Waals surface area contributed by atoms with E-state index in [4.69, 9.17) is 4.42 Å². The summed E-state index contributed by atoms with van der Waals surface area (Å²) < 4.78 is 5.34. The molecule has 3 heterocycles. The summed E-state index contributed by atoms with van der Waals surface area (Å²) in [7, 11) is 0. The molecular weight excluding hydrogens is 278 g/mol. The van der Waals surface area contributed by atoms with Crippen LogP contribution in [0.4, 0.5) is 5.82 Å². The van der Waals surface area contributed by atoms with Crippen LogP contribution in [0.25, 0.3) is 11.0 Å². The Morgan fingerprint density at radius 2 is 2.23 bits per heavy atom. The largest absolute Gasteiger partial charge is 0.464 e. The molecule has 2 aromatic heterocycles. The zero-order chi connectivity index (χ0) is 14.9. The van der Waals surface area contributed by atoms with Gasteiger partial charge in [-0.1, -0.05) is 11.2 Å². The average molecular weight is 291 g/mol. The minimum Gasteiger partial charge on any atom is -0.464 e. The van der Waals surface area contributed by atoms with Gasteiger partial charge in [0.2, 0.25) is 0 Å². The molecule has 0 unspecified atom stereocenters. The van der Waals surface area contributed by atoms with Gasteiger partial charge in [-0.05, 0) is 29.8 Å². The highest BCUT2D eigenvalue weighted by molar-refractivity contribution is 6.04. The van der Waals surface area contributed by atoms with E-state index < -0.39 is 0 Å². The molecule has 0 amide bonds. The van der Waals surface area contributed by atoms with Gasteiger partial charge in [0.05, 0.1) is 12.0 Å². The number of aromatic nitrogens is 1. The molecule has 22 heavy (non-hydrogen) atoms. The van der Waals surface area contributed by atoms with Crippen LogP contribution in [0.1, 0.15) is 16.7 Å². The topological polar surface area (TPSA) is 71.0 Å². The minimum atomic E-state index is 0.536. The molecule has 1 aliphatic rings. The van der Waals surface area contributed by atoms with Crippen molar-refractivity contribution in [1.82, 2.24) is 4.98 Å². The van der Waals surface area contributed by atoms with Crippen LogP contribution in [0.2, 0.25) is 0 Å². The molecule has 0 fully saturated rings. The van der Waals surface area contributed by atoms with Crippen molar-refractivity contribution < 1.29 is 9.62 Å². The molecule has 0 aliphatic carbocycles. The Bertz CT molecular complexity index is 909. The van der Waals surface area contributed by atoms with Gasteiger partial charge >= 0.3 is 0 Å². The Balaban J connectivity index is 1.70. The molecule has 0 radical (unpaired) electrons. The number of furan rings is 1. The molecule has 1 aromatic carbocycles. The number of aliphatic imine (C=N–C) groups is 1. The van der Waals surface area contributed by atoms with Crippen molar-refractivity contribution in [2.75, 3.05) is 0 Å². The van der Waals surface area contributed by atoms with Crippen LogP contribution in [0.5, 0.6) is 0 Å². The minimum absolute atomic E-state index is 0.536. The van der Waals surface area contributed by atoms with Gasteiger partial charge in [0.25, 0.3) is 0 Å². The van der Waals surface area contributed by atoms with Crippen LogP contribution in [-0.2, 0) is 12.8 Å². The van der Waals surface area contributed by atoms with Crippen molar-refractivity contribution in [2.24, 2.45) is 10.1 Å². The lowest BCUT2D eigenvalue weighted by molar-refractivity contribution is 0.318. The van der Waals surface area contributed by atoms with Gasteiger partial charge < -0.3 is 9.62 Å². The van der Waals surface area contributed by atoms with E-state index in [1.165, 1.54) is 0 Å². The average Bonchev–Trinajstić information content (AvgIpc) is 3.20. The van der Waals surface area contributed by atoms with Gasteiger partial charge in [-0.2, -0.15) is 0 Å². The van der Waals surface area contributed by atoms with Crippen LogP contribution < -0.4 is 0 Å². The smallest absolute Gasteiger partial charge is 0.155 e. The molecule has 5 nitrogen and oxygen atoms in total. The fourth-order valence-corrected chi connectivity index (χ4v) is 2.79. The summed E-state index contributed by atoms with van der Waals surface area (Å²) in [6.07, 6.45) is 6.45. The highest BCUT2D eigenvalue weighted by Crippen LogP contribution is 2.26. The maximum atomic E-state index is 9.45. The number of pyridine rings is 1. The molecule has 5 heteroatoms. The van der Waals surface area contributed by atoms with Gasteiger partial charge in [-0.15, -0.1) is 0 Å². The highest BCUT2D eigenvalue weighted by Gasteiger charge is 2.17. The third kappa shape index (κ3) is 2.07. The normalized spacial score (nSPS) is 13.7. The van der Waals surface area contributed by atoms with Crippen molar-refractivity contribution >= 4 is 28.7 Å². The standard InChI is InChI=1S/C17H13N3O2/c21-20-15(13-3-6-18-17-14(13)4-7-19-17)10-11-1-2-16-12(9-11)5-8-22-16/h1-3,5-9,21H,4,10H2/b20-15+. The summed E-state index contributed by atoms with van der Waals surface area (Å²) in [5.41, 5.74) is 4.44. The molecule has 4 rings (SSSR count). The lowest BCUT2D eigenvalue weighted by Crippen LogP contribution is -2.09. The first-order valence-corrected chi connectivity index (χ1v) is 7.03. The first-order valence-electron chi connectivity index (χ1n) is 7.03. The number of rotatable bonds is 3. The number of fused-ring (bicyclic) bond motifs is 2. The lowest BCUT2D eigenvalue weighted by atomic mass is 9.97. The Kier molecular flexibility index (Phi) is 2.96. The fraction of sp³-hybridized carbons (Fsp3) is 0.118. The second-order valence-electron chi connectivity index (χ2n) is 5.19. The van der Waals surface area contributed by atoms with Crippen LogP contribution >= 0.6 is 0 Å². The molecule has 1 N–H and O–H groups in total. The third-order valence-electron chi connectivity index (χ3n) is 3.86. The van der Waals surface area contributed by atoms with Crippen LogP contribution in [0.15, 0.2) is 57.4 Å². The van der Waals surface area contributed by atoms with Crippen LogP contribution in [0, 0.1) is 0 Å². The van der Waals surface area contributed by atoms with Gasteiger partial charge in [0.15, 0.2) is 5.82 Å². The maximum Gasteiger partial charge on any atom is 0.155 e. The third-order valence-corrected chi connectivity index (χ3v) is 3.86. The number of oxime groups is 1. The van der Waals surface area contributed by atoms with Crippen molar-refractivity contribution in [1.29, 1.82) is 0 Å². The number of nitrogens with zero attached hydrogens (tertiary/aromatic N) is 3. The number of benzene rings is 1. The quantitative estimate of drug-likeness (QED) is 0.456. The summed E-state index contributed by atoms with van der Waals surface area (Å²) in [5, 5.41) is 14.0. The number of hydrogen-bond acceptors (Lipinski definition) is 5. The highest BCUT2D eigenvalue weighted by atomic mass is 16.4. The van der Waals surface area contributed by atoms with E-state index in [-0.39, 0.29) is 0 Å². The van der Waals surface area contributed by atoms with E-state index in [9.17, 15) is 5.21 Å². The first kappa shape index (κ1) is 12.8. The van der Waals surface area contributed by atoms with E-state index in [2.05, 4.69) is 15.1 Å². The van der Waals surface area contributed by atoms with E-state index in [0.717, 1.165) is 34.1 Å². The van der Waals surface area contributed by atoms with Gasteiger partial charge in [0.1, 0.15) is 5.58 Å². The molecule has 108 valence electrons. The van der Waals surface area contributed by atoms with E-state index in [1.807, 2.05) is 36.5 Å². The monoisotopic (exact) mass is 291 g/mol. The summed E-state index contributed by atoms with van der Waals surface area (Å²) in [6.45, 7) is 0. The second-order valence-corrected chi connectivity index (χ2v) is 5.19. The molecular formula is C17H13N3O2. The van der Waals surface area contributed by atoms with Crippen LogP contribution in [0.3, 0.4) is 0 Å². The van der Waals surface area contributed by atoms with Crippen molar-refractivity contribution in [2.45, 2.75) is 12.8 Å². The zero-order valence-corrected chi connectivity index (χ0v) is 11.7. The summed E-state index contributed by atoms with van der Waals surface area (Å²) >= 11 is 0. The van der Waals surface area contributed by atoms with E-state index in [0.29, 0.717) is 18.0 Å². The summed E-state index contributed by atoms with van der Waals surface area (Å²) in [6, 6.07) is 9.75. The first-order chi connectivity index (χ1) is 10.8. The van der Waals surface area contributed by atoms with Gasteiger partial charge in [-0.25, -0.2) is 9.98 Å². The van der Waals surface area contributed by atoms with E-state index >= 15 is 0 Å². The fourth-order valence-electron chi connectivity index (χ4n) is 2.79. The predicted molar refractivity (Wildman–Crippen MR) is 84.3 cm³/mol. The molecule has 0 spiro atoms. The Hall–Kier alpha value is -2.95. The Morgan fingerprint density at radius 3 is 3.14 bits per heavy atom. The molecule has 0 atom stereocenters. The van der Waals surface area contributed by atoms with Gasteiger partial charge in [0, 0.05) is 41.8 Å². The maximum absolute atomic E-state index is 9.45. The van der Waals surface area contributed by atoms with Crippen molar-refractivity contribution in [3.63, 3.8) is 0 Å². The molecule has 3 aromatic rings. The van der Waals surface area contributed by atoms with Crippen molar-refractivity contribution in [3.8, 4) is 0 Å². The SMILES string of the molecule is O/N=C(\Cc1ccc2occc2c1)c1ccnc2c1CC=N2. The number of hydrogen-bond donors (Lipinski definition) is 1. The Morgan fingerprint density at radius 1 is 1.27 bits per heavy atom. The van der Waals surface area contributed by atoms with Crippen LogP contribution in [-0.4, -0.2) is 22.1 Å². The summed E-state index contributed by atoms with van der Waals surface area (Å²) in [5.74, 6) is 0.712. The lowest BCUT2D eigenvalue weighted by Gasteiger charge is -2.09. The molecule has 1 aliphatic heterocycles. The van der Waals surface area contributed by atoms with Gasteiger partial charge in [-0.3, -0.25) is 0 Å². The summed E-state index contributed by atoms with van der Waals surface area (Å²) in [4.78, 5) is 8.46. The predicted octanol–water partition coefficient (Wildman–Crippen LogP) is 3.51. The molecule has 0 saturated heterocycles. The van der Waals surface area contributed by atoms with E-state index in [1.54, 1.807) is 12.5 Å².